The predicted octanol–water partition coefficient (Wildman–Crippen LogP) is 4.17. The summed E-state index contributed by atoms with van der Waals surface area (Å²) in [6.45, 7) is 6.81. The number of rotatable bonds is 5. The lowest BCUT2D eigenvalue weighted by Crippen LogP contribution is -2.31. The van der Waals surface area contributed by atoms with Crippen LogP contribution in [0.2, 0.25) is 0 Å². The smallest absolute Gasteiger partial charge is 0.0314 e. The van der Waals surface area contributed by atoms with Crippen LogP contribution in [0, 0.1) is 0 Å². The highest BCUT2D eigenvalue weighted by Crippen LogP contribution is 2.27. The van der Waals surface area contributed by atoms with Crippen LogP contribution in [0.4, 0.5) is 0 Å². The molecule has 0 fully saturated rings. The van der Waals surface area contributed by atoms with E-state index in [4.69, 9.17) is 0 Å². The highest BCUT2D eigenvalue weighted by Gasteiger charge is 2.16. The van der Waals surface area contributed by atoms with Crippen molar-refractivity contribution in [2.24, 2.45) is 0 Å². The second-order valence-corrected chi connectivity index (χ2v) is 8.51. The minimum atomic E-state index is 0.349. The average molecular weight is 322 g/mol. The minimum Gasteiger partial charge on any atom is -0.316 e. The molecule has 1 atom stereocenters. The lowest BCUT2D eigenvalue weighted by Gasteiger charge is -2.22. The molecule has 0 radical (unpaired) electrons. The molecule has 1 unspecified atom stereocenters. The first-order valence-corrected chi connectivity index (χ1v) is 8.11. The van der Waals surface area contributed by atoms with E-state index >= 15 is 0 Å². The Bertz CT molecular complexity index is 317. The zero-order chi connectivity index (χ0) is 12.2. The Balaban J connectivity index is 2.47. The quantitative estimate of drug-likeness (QED) is 0.873. The monoisotopic (exact) mass is 321 g/mol. The van der Waals surface area contributed by atoms with Gasteiger partial charge >= 0.3 is 0 Å². The van der Waals surface area contributed by atoms with E-state index in [0.717, 1.165) is 12.2 Å². The maximum Gasteiger partial charge on any atom is 0.0314 e. The molecule has 0 saturated heterocycles. The van der Waals surface area contributed by atoms with Gasteiger partial charge < -0.3 is 5.32 Å². The molecule has 0 amide bonds. The molecular weight excluding hydrogens is 302 g/mol. The van der Waals surface area contributed by atoms with Crippen molar-refractivity contribution in [2.45, 2.75) is 38.0 Å². The number of thioether (sulfide) groups is 1. The van der Waals surface area contributed by atoms with E-state index in [0.29, 0.717) is 10.8 Å². The molecule has 1 N–H and O–H groups in total. The molecule has 0 aliphatic heterocycles. The van der Waals surface area contributed by atoms with Gasteiger partial charge in [-0.05, 0) is 40.8 Å². The Kier molecular flexibility index (Phi) is 5.85. The van der Waals surface area contributed by atoms with Crippen LogP contribution in [0.5, 0.6) is 0 Å². The Morgan fingerprint density at radius 1 is 1.50 bits per heavy atom. The molecule has 0 aliphatic carbocycles. The molecule has 1 aromatic rings. The first kappa shape index (κ1) is 14.6. The molecule has 1 heterocycles. The zero-order valence-corrected chi connectivity index (χ0v) is 13.6. The van der Waals surface area contributed by atoms with Crippen molar-refractivity contribution in [3.63, 3.8) is 0 Å². The van der Waals surface area contributed by atoms with Crippen molar-refractivity contribution >= 4 is 39.0 Å². The number of hydrogen-bond acceptors (Lipinski definition) is 3. The van der Waals surface area contributed by atoms with Gasteiger partial charge in [-0.25, -0.2) is 0 Å². The van der Waals surface area contributed by atoms with E-state index in [9.17, 15) is 0 Å². The average Bonchev–Trinajstić information content (AvgIpc) is 2.57. The largest absolute Gasteiger partial charge is 0.316 e. The molecular formula is C12H20BrNS2. The summed E-state index contributed by atoms with van der Waals surface area (Å²) in [5.41, 5.74) is 0. The fourth-order valence-corrected chi connectivity index (χ4v) is 3.87. The third kappa shape index (κ3) is 5.21. The van der Waals surface area contributed by atoms with Gasteiger partial charge in [0, 0.05) is 25.9 Å². The second kappa shape index (κ2) is 6.43. The van der Waals surface area contributed by atoms with Gasteiger partial charge in [-0.15, -0.1) is 11.3 Å². The van der Waals surface area contributed by atoms with Crippen LogP contribution in [-0.2, 0) is 6.42 Å². The number of halogens is 1. The van der Waals surface area contributed by atoms with Gasteiger partial charge in [0.05, 0.1) is 0 Å². The number of thiophene rings is 1. The van der Waals surface area contributed by atoms with Crippen molar-refractivity contribution in [3.05, 3.63) is 20.8 Å². The molecule has 92 valence electrons. The van der Waals surface area contributed by atoms with E-state index < -0.39 is 0 Å². The van der Waals surface area contributed by atoms with Crippen LogP contribution in [0.15, 0.2) is 15.9 Å². The van der Waals surface area contributed by atoms with E-state index in [1.54, 1.807) is 0 Å². The maximum absolute atomic E-state index is 3.59. The first-order chi connectivity index (χ1) is 7.42. The summed E-state index contributed by atoms with van der Waals surface area (Å²) in [6, 6.07) is 2.68. The van der Waals surface area contributed by atoms with Crippen molar-refractivity contribution in [1.29, 1.82) is 0 Å². The molecule has 0 saturated carbocycles. The molecule has 1 rings (SSSR count). The fourth-order valence-electron chi connectivity index (χ4n) is 1.29. The summed E-state index contributed by atoms with van der Waals surface area (Å²) in [6.07, 6.45) is 1.11. The van der Waals surface area contributed by atoms with Crippen LogP contribution in [0.3, 0.4) is 0 Å². The van der Waals surface area contributed by atoms with Crippen molar-refractivity contribution in [3.8, 4) is 0 Å². The summed E-state index contributed by atoms with van der Waals surface area (Å²) < 4.78 is 1.60. The van der Waals surface area contributed by atoms with Gasteiger partial charge in [0.2, 0.25) is 0 Å². The summed E-state index contributed by atoms with van der Waals surface area (Å²) >= 11 is 7.44. The third-order valence-corrected chi connectivity index (χ3v) is 5.63. The summed E-state index contributed by atoms with van der Waals surface area (Å²) in [5, 5.41) is 5.55. The van der Waals surface area contributed by atoms with Crippen LogP contribution < -0.4 is 5.32 Å². The Hall–Kier alpha value is 0.490. The highest BCUT2D eigenvalue weighted by atomic mass is 79.9. The van der Waals surface area contributed by atoms with Gasteiger partial charge in [-0.3, -0.25) is 0 Å². The van der Waals surface area contributed by atoms with E-state index in [-0.39, 0.29) is 0 Å². The molecule has 0 bridgehead atoms. The Labute approximate surface area is 116 Å². The maximum atomic E-state index is 3.59. The zero-order valence-electron chi connectivity index (χ0n) is 10.3. The normalized spacial score (nSPS) is 14.1. The summed E-state index contributed by atoms with van der Waals surface area (Å²) in [7, 11) is 2.05. The molecule has 4 heteroatoms. The molecule has 0 aliphatic rings. The lowest BCUT2D eigenvalue weighted by atomic mass is 10.2. The molecule has 0 spiro atoms. The second-order valence-electron chi connectivity index (χ2n) is 4.80. The first-order valence-electron chi connectivity index (χ1n) is 5.45. The lowest BCUT2D eigenvalue weighted by molar-refractivity contribution is 0.617. The number of nitrogens with one attached hydrogen (secondary N) is 1. The Morgan fingerprint density at radius 3 is 2.62 bits per heavy atom. The Morgan fingerprint density at radius 2 is 2.19 bits per heavy atom. The van der Waals surface area contributed by atoms with Gasteiger partial charge in [0.15, 0.2) is 0 Å². The van der Waals surface area contributed by atoms with Crippen molar-refractivity contribution < 1.29 is 0 Å². The molecule has 1 aromatic heterocycles. The fraction of sp³-hybridized carbons (Fsp3) is 0.667. The third-order valence-electron chi connectivity index (χ3n) is 2.25. The molecule has 16 heavy (non-hydrogen) atoms. The van der Waals surface area contributed by atoms with Gasteiger partial charge in [0.1, 0.15) is 0 Å². The van der Waals surface area contributed by atoms with E-state index in [1.165, 1.54) is 9.35 Å². The van der Waals surface area contributed by atoms with Crippen LogP contribution in [-0.4, -0.2) is 23.6 Å². The van der Waals surface area contributed by atoms with Crippen LogP contribution >= 0.6 is 39.0 Å². The molecule has 1 nitrogen and oxygen atoms in total. The van der Waals surface area contributed by atoms with E-state index in [1.807, 2.05) is 23.1 Å². The van der Waals surface area contributed by atoms with Gasteiger partial charge in [0.25, 0.3) is 0 Å². The number of likely N-dealkylation sites (N-methyl/N-ethyl adjacent to an activating group) is 1. The van der Waals surface area contributed by atoms with Gasteiger partial charge in [-0.1, -0.05) is 20.8 Å². The molecule has 0 aromatic carbocycles. The SMILES string of the molecule is CNC(CSC(C)(C)C)Cc1sccc1Br. The standard InChI is InChI=1S/C12H20BrNS2/c1-12(2,3)16-8-9(14-4)7-11-10(13)5-6-15-11/h5-6,9,14H,7-8H2,1-4H3. The summed E-state index contributed by atoms with van der Waals surface area (Å²) in [4.78, 5) is 1.44. The van der Waals surface area contributed by atoms with Crippen LogP contribution in [0.1, 0.15) is 25.6 Å². The number of hydrogen-bond donors (Lipinski definition) is 1. The van der Waals surface area contributed by atoms with Crippen molar-refractivity contribution in [2.75, 3.05) is 12.8 Å². The minimum absolute atomic E-state index is 0.349. The van der Waals surface area contributed by atoms with Crippen molar-refractivity contribution in [1.82, 2.24) is 5.32 Å². The predicted molar refractivity (Wildman–Crippen MR) is 80.8 cm³/mol. The van der Waals surface area contributed by atoms with E-state index in [2.05, 4.69) is 60.5 Å². The highest BCUT2D eigenvalue weighted by molar-refractivity contribution is 9.10. The summed E-state index contributed by atoms with van der Waals surface area (Å²) in [5.74, 6) is 1.16. The van der Waals surface area contributed by atoms with Gasteiger partial charge in [-0.2, -0.15) is 11.8 Å². The topological polar surface area (TPSA) is 12.0 Å². The van der Waals surface area contributed by atoms with Crippen LogP contribution in [0.25, 0.3) is 0 Å².